The second-order valence-electron chi connectivity index (χ2n) is 13.5. The molecule has 40 heavy (non-hydrogen) atoms. The first-order valence-electron chi connectivity index (χ1n) is 15.1. The van der Waals surface area contributed by atoms with Gasteiger partial charge in [0.05, 0.1) is 17.6 Å². The number of allylic oxidation sites excluding steroid dienone is 1. The van der Waals surface area contributed by atoms with Gasteiger partial charge in [-0.05, 0) is 74.2 Å². The monoisotopic (exact) mass is 545 g/mol. The van der Waals surface area contributed by atoms with Gasteiger partial charge >= 0.3 is 7.12 Å². The van der Waals surface area contributed by atoms with Gasteiger partial charge in [-0.15, -0.1) is 0 Å². The standard InChI is InChI=1S/C32H44BN3O4/c1-21(2)16-23(20-34)30(38)36-15-9-12-25(36)13-14-29(37)35-28(17-22-10-7-6-8-11-22)33-39-27-19-24-18-26(31(24,3)4)32(27,5)40-33/h6-8,10-11,16,21,24-28H,9,12-15,17-19H2,1-5H3,(H,35,37)/t24-,25?,26-,27+,28-,32-/m0/s1. The average molecular weight is 546 g/mol. The zero-order valence-corrected chi connectivity index (χ0v) is 24.7. The van der Waals surface area contributed by atoms with E-state index in [9.17, 15) is 14.9 Å². The molecule has 5 fully saturated rings. The molecule has 214 valence electrons. The lowest BCUT2D eigenvalue weighted by Crippen LogP contribution is -2.65. The van der Waals surface area contributed by atoms with E-state index < -0.39 is 7.12 Å². The summed E-state index contributed by atoms with van der Waals surface area (Å²) in [5.41, 5.74) is 1.23. The average Bonchev–Trinajstić information content (AvgIpc) is 3.54. The minimum absolute atomic E-state index is 0.0375. The summed E-state index contributed by atoms with van der Waals surface area (Å²) >= 11 is 0. The van der Waals surface area contributed by atoms with Crippen molar-refractivity contribution in [1.82, 2.24) is 10.2 Å². The molecular weight excluding hydrogens is 501 g/mol. The number of rotatable bonds is 9. The summed E-state index contributed by atoms with van der Waals surface area (Å²) in [6.45, 7) is 11.4. The first kappa shape index (κ1) is 28.9. The van der Waals surface area contributed by atoms with Crippen molar-refractivity contribution in [3.05, 3.63) is 47.5 Å². The van der Waals surface area contributed by atoms with Gasteiger partial charge < -0.3 is 19.5 Å². The molecule has 6 atom stereocenters. The highest BCUT2D eigenvalue weighted by molar-refractivity contribution is 6.48. The van der Waals surface area contributed by atoms with Crippen LogP contribution in [0.15, 0.2) is 42.0 Å². The highest BCUT2D eigenvalue weighted by Gasteiger charge is 2.68. The highest BCUT2D eigenvalue weighted by atomic mass is 16.7. The van der Waals surface area contributed by atoms with Gasteiger partial charge in [0.15, 0.2) is 0 Å². The van der Waals surface area contributed by atoms with Crippen LogP contribution in [-0.2, 0) is 25.3 Å². The normalized spacial score (nSPS) is 31.4. The van der Waals surface area contributed by atoms with Gasteiger partial charge in [-0.3, -0.25) is 9.59 Å². The minimum atomic E-state index is -0.502. The molecule has 5 aliphatic rings. The van der Waals surface area contributed by atoms with Crippen LogP contribution in [0.25, 0.3) is 0 Å². The molecule has 7 nitrogen and oxygen atoms in total. The largest absolute Gasteiger partial charge is 0.482 e. The molecule has 2 aliphatic heterocycles. The van der Waals surface area contributed by atoms with Crippen LogP contribution in [0.1, 0.15) is 78.7 Å². The summed E-state index contributed by atoms with van der Waals surface area (Å²) in [6, 6.07) is 12.2. The van der Waals surface area contributed by atoms with Crippen LogP contribution >= 0.6 is 0 Å². The van der Waals surface area contributed by atoms with Crippen LogP contribution in [0.3, 0.4) is 0 Å². The second kappa shape index (κ2) is 11.3. The van der Waals surface area contributed by atoms with E-state index in [1.807, 2.05) is 32.0 Å². The number of likely N-dealkylation sites (tertiary alicyclic amines) is 1. The Morgan fingerprint density at radius 2 is 1.98 bits per heavy atom. The van der Waals surface area contributed by atoms with Crippen LogP contribution in [0.4, 0.5) is 0 Å². The van der Waals surface area contributed by atoms with Gasteiger partial charge in [0.25, 0.3) is 5.91 Å². The molecule has 3 saturated carbocycles. The molecule has 1 N–H and O–H groups in total. The van der Waals surface area contributed by atoms with Crippen molar-refractivity contribution in [2.45, 2.75) is 103 Å². The van der Waals surface area contributed by atoms with Crippen LogP contribution in [0, 0.1) is 34.5 Å². The number of nitriles is 1. The zero-order valence-electron chi connectivity index (χ0n) is 24.7. The summed E-state index contributed by atoms with van der Waals surface area (Å²) in [7, 11) is -0.502. The van der Waals surface area contributed by atoms with E-state index in [1.165, 1.54) is 6.42 Å². The number of amides is 2. The Balaban J connectivity index is 1.24. The summed E-state index contributed by atoms with van der Waals surface area (Å²) in [5.74, 6) is 0.652. The van der Waals surface area contributed by atoms with E-state index in [4.69, 9.17) is 9.31 Å². The number of hydrogen-bond acceptors (Lipinski definition) is 5. The molecule has 2 heterocycles. The van der Waals surface area contributed by atoms with Crippen LogP contribution in [-0.4, -0.2) is 54.1 Å². The first-order valence-corrected chi connectivity index (χ1v) is 15.1. The Morgan fingerprint density at radius 3 is 2.65 bits per heavy atom. The van der Waals surface area contributed by atoms with Gasteiger partial charge in [0.1, 0.15) is 11.6 Å². The second-order valence-corrected chi connectivity index (χ2v) is 13.5. The molecular formula is C32H44BN3O4. The molecule has 1 unspecified atom stereocenters. The lowest BCUT2D eigenvalue weighted by molar-refractivity contribution is -0.199. The quantitative estimate of drug-likeness (QED) is 0.272. The molecule has 2 saturated heterocycles. The maximum absolute atomic E-state index is 13.3. The van der Waals surface area contributed by atoms with Gasteiger partial charge in [-0.25, -0.2) is 0 Å². The molecule has 0 aromatic heterocycles. The highest BCUT2D eigenvalue weighted by Crippen LogP contribution is 2.65. The van der Waals surface area contributed by atoms with Gasteiger partial charge in [-0.2, -0.15) is 5.26 Å². The Kier molecular flexibility index (Phi) is 8.18. The number of nitrogens with zero attached hydrogens (tertiary/aromatic N) is 2. The molecule has 2 bridgehead atoms. The van der Waals surface area contributed by atoms with Crippen molar-refractivity contribution in [2.75, 3.05) is 6.54 Å². The van der Waals surface area contributed by atoms with E-state index in [1.54, 1.807) is 11.0 Å². The lowest BCUT2D eigenvalue weighted by Gasteiger charge is -2.64. The van der Waals surface area contributed by atoms with Gasteiger partial charge in [0, 0.05) is 19.0 Å². The van der Waals surface area contributed by atoms with E-state index in [0.717, 1.165) is 24.8 Å². The molecule has 1 aromatic carbocycles. The summed E-state index contributed by atoms with van der Waals surface area (Å²) in [5, 5.41) is 12.8. The number of carbonyl (C=O) groups excluding carboxylic acids is 2. The Hall–Kier alpha value is -2.63. The van der Waals surface area contributed by atoms with Crippen molar-refractivity contribution in [3.8, 4) is 6.07 Å². The first-order chi connectivity index (χ1) is 19.0. The number of benzene rings is 1. The fraction of sp³-hybridized carbons (Fsp3) is 0.656. The fourth-order valence-electron chi connectivity index (χ4n) is 7.78. The molecule has 0 radical (unpaired) electrons. The van der Waals surface area contributed by atoms with Crippen molar-refractivity contribution in [3.63, 3.8) is 0 Å². The third kappa shape index (κ3) is 5.48. The van der Waals surface area contributed by atoms with Crippen LogP contribution < -0.4 is 5.32 Å². The predicted molar refractivity (Wildman–Crippen MR) is 155 cm³/mol. The van der Waals surface area contributed by atoms with Crippen molar-refractivity contribution in [2.24, 2.45) is 23.2 Å². The van der Waals surface area contributed by atoms with Crippen molar-refractivity contribution in [1.29, 1.82) is 5.26 Å². The molecule has 1 aromatic rings. The lowest BCUT2D eigenvalue weighted by atomic mass is 9.43. The van der Waals surface area contributed by atoms with Crippen molar-refractivity contribution < 1.29 is 18.9 Å². The van der Waals surface area contributed by atoms with E-state index in [-0.39, 0.29) is 52.4 Å². The summed E-state index contributed by atoms with van der Waals surface area (Å²) in [6.07, 6.45) is 7.20. The van der Waals surface area contributed by atoms with Crippen LogP contribution in [0.2, 0.25) is 0 Å². The maximum Gasteiger partial charge on any atom is 0.482 e. The van der Waals surface area contributed by atoms with Gasteiger partial charge in [0.2, 0.25) is 5.91 Å². The fourth-order valence-corrected chi connectivity index (χ4v) is 7.78. The predicted octanol–water partition coefficient (Wildman–Crippen LogP) is 4.86. The Labute approximate surface area is 239 Å². The number of nitrogens with one attached hydrogen (secondary N) is 1. The topological polar surface area (TPSA) is 91.7 Å². The molecule has 2 amide bonds. The third-order valence-electron chi connectivity index (χ3n) is 10.1. The SMILES string of the molecule is CC(C)C=C(C#N)C(=O)N1CCCC1CCC(=O)N[C@@H](Cc1ccccc1)B1O[C@@H]2C[C@@H]3C[C@@H](C3(C)C)[C@]2(C)O1. The number of carbonyl (C=O) groups is 2. The summed E-state index contributed by atoms with van der Waals surface area (Å²) < 4.78 is 13.3. The Bertz CT molecular complexity index is 1180. The molecule has 6 rings (SSSR count). The smallest absolute Gasteiger partial charge is 0.404 e. The summed E-state index contributed by atoms with van der Waals surface area (Å²) in [4.78, 5) is 28.2. The number of hydrogen-bond donors (Lipinski definition) is 1. The zero-order chi connectivity index (χ0) is 28.7. The Morgan fingerprint density at radius 1 is 1.23 bits per heavy atom. The van der Waals surface area contributed by atoms with Crippen LogP contribution in [0.5, 0.6) is 0 Å². The minimum Gasteiger partial charge on any atom is -0.404 e. The van der Waals surface area contributed by atoms with E-state index in [0.29, 0.717) is 37.6 Å². The third-order valence-corrected chi connectivity index (χ3v) is 10.1. The molecule has 8 heteroatoms. The van der Waals surface area contributed by atoms with E-state index in [2.05, 4.69) is 44.3 Å². The molecule has 0 spiro atoms. The van der Waals surface area contributed by atoms with Gasteiger partial charge in [-0.1, -0.05) is 64.1 Å². The van der Waals surface area contributed by atoms with E-state index >= 15 is 0 Å². The van der Waals surface area contributed by atoms with Crippen molar-refractivity contribution >= 4 is 18.9 Å². The molecule has 3 aliphatic carbocycles. The maximum atomic E-state index is 13.3.